The molecule has 0 unspecified atom stereocenters. The van der Waals surface area contributed by atoms with Crippen LogP contribution >= 0.6 is 11.3 Å². The molecule has 0 saturated heterocycles. The first kappa shape index (κ1) is 22.8. The molecule has 0 nitrogen and oxygen atoms in total. The van der Waals surface area contributed by atoms with Gasteiger partial charge in [-0.3, -0.25) is 0 Å². The normalized spacial score (nSPS) is 11.9. The Morgan fingerprint density at radius 1 is 0.293 bits per heavy atom. The van der Waals surface area contributed by atoms with Crippen LogP contribution < -0.4 is 0 Å². The zero-order chi connectivity index (χ0) is 26.9. The Bertz CT molecular complexity index is 2410. The smallest absolute Gasteiger partial charge is 0.0434 e. The van der Waals surface area contributed by atoms with E-state index >= 15 is 0 Å². The summed E-state index contributed by atoms with van der Waals surface area (Å²) < 4.78 is 2.71. The zero-order valence-electron chi connectivity index (χ0n) is 22.3. The molecular formula is C40H24S. The molecule has 190 valence electrons. The highest BCUT2D eigenvalue weighted by Crippen LogP contribution is 2.48. The minimum atomic E-state index is 1.27. The Labute approximate surface area is 241 Å². The van der Waals surface area contributed by atoms with Gasteiger partial charge in [0.1, 0.15) is 0 Å². The van der Waals surface area contributed by atoms with E-state index in [0.29, 0.717) is 0 Å². The third-order valence-electron chi connectivity index (χ3n) is 8.66. The van der Waals surface area contributed by atoms with E-state index in [2.05, 4.69) is 146 Å². The van der Waals surface area contributed by atoms with Gasteiger partial charge in [-0.2, -0.15) is 0 Å². The summed E-state index contributed by atoms with van der Waals surface area (Å²) in [5, 5.41) is 13.0. The van der Waals surface area contributed by atoms with Crippen LogP contribution in [0.4, 0.5) is 0 Å². The summed E-state index contributed by atoms with van der Waals surface area (Å²) in [5.41, 5.74) is 5.20. The van der Waals surface area contributed by atoms with Crippen molar-refractivity contribution in [3.05, 3.63) is 146 Å². The van der Waals surface area contributed by atoms with Gasteiger partial charge in [-0.15, -0.1) is 11.3 Å². The molecule has 41 heavy (non-hydrogen) atoms. The van der Waals surface area contributed by atoms with Crippen LogP contribution in [0.25, 0.3) is 85.5 Å². The second-order valence-electron chi connectivity index (χ2n) is 10.8. The lowest BCUT2D eigenvalue weighted by Crippen LogP contribution is -1.92. The van der Waals surface area contributed by atoms with Gasteiger partial charge < -0.3 is 0 Å². The summed E-state index contributed by atoms with van der Waals surface area (Å²) in [6.07, 6.45) is 0. The molecule has 0 saturated carbocycles. The van der Waals surface area contributed by atoms with Crippen molar-refractivity contribution < 1.29 is 0 Å². The highest BCUT2D eigenvalue weighted by molar-refractivity contribution is 7.26. The van der Waals surface area contributed by atoms with E-state index in [0.717, 1.165) is 0 Å². The highest BCUT2D eigenvalue weighted by atomic mass is 32.1. The van der Waals surface area contributed by atoms with E-state index in [-0.39, 0.29) is 0 Å². The van der Waals surface area contributed by atoms with Crippen LogP contribution in [0.15, 0.2) is 146 Å². The number of benzene rings is 8. The summed E-state index contributed by atoms with van der Waals surface area (Å²) >= 11 is 1.90. The monoisotopic (exact) mass is 536 g/mol. The van der Waals surface area contributed by atoms with Crippen LogP contribution in [0, 0.1) is 0 Å². The van der Waals surface area contributed by atoms with Gasteiger partial charge in [0.05, 0.1) is 0 Å². The fourth-order valence-electron chi connectivity index (χ4n) is 6.91. The lowest BCUT2D eigenvalue weighted by atomic mass is 9.83. The maximum atomic E-state index is 2.34. The average molecular weight is 537 g/mol. The Kier molecular flexibility index (Phi) is 4.87. The molecule has 0 N–H and O–H groups in total. The fourth-order valence-corrected chi connectivity index (χ4v) is 8.14. The summed E-state index contributed by atoms with van der Waals surface area (Å²) in [6.45, 7) is 0. The predicted octanol–water partition coefficient (Wildman–Crippen LogP) is 12.0. The second kappa shape index (κ2) is 8.76. The molecule has 0 aliphatic carbocycles. The van der Waals surface area contributed by atoms with E-state index in [1.165, 1.54) is 85.5 Å². The molecule has 1 heteroatoms. The predicted molar refractivity (Wildman–Crippen MR) is 180 cm³/mol. The highest BCUT2D eigenvalue weighted by Gasteiger charge is 2.19. The van der Waals surface area contributed by atoms with E-state index in [1.54, 1.807) is 0 Å². The van der Waals surface area contributed by atoms with Crippen LogP contribution in [0.5, 0.6) is 0 Å². The number of thiophene rings is 1. The third-order valence-corrected chi connectivity index (χ3v) is 9.88. The van der Waals surface area contributed by atoms with Gasteiger partial charge in [-0.25, -0.2) is 0 Å². The molecule has 0 spiro atoms. The molecule has 0 bridgehead atoms. The van der Waals surface area contributed by atoms with Gasteiger partial charge in [-0.05, 0) is 66.0 Å². The Morgan fingerprint density at radius 2 is 0.732 bits per heavy atom. The first-order chi connectivity index (χ1) is 20.4. The first-order valence-corrected chi connectivity index (χ1v) is 14.9. The van der Waals surface area contributed by atoms with Crippen LogP contribution in [-0.4, -0.2) is 0 Å². The fraction of sp³-hybridized carbons (Fsp3) is 0. The Balaban J connectivity index is 1.44. The second-order valence-corrected chi connectivity index (χ2v) is 11.9. The molecule has 0 aliphatic rings. The maximum Gasteiger partial charge on any atom is 0.0434 e. The molecular weight excluding hydrogens is 513 g/mol. The molecule has 9 aromatic rings. The van der Waals surface area contributed by atoms with E-state index < -0.39 is 0 Å². The largest absolute Gasteiger partial charge is 0.135 e. The van der Waals surface area contributed by atoms with Crippen LogP contribution in [-0.2, 0) is 0 Å². The quantitative estimate of drug-likeness (QED) is 0.193. The standard InChI is InChI=1S/C40H24S/c1-2-13-26-25(11-1)12-9-19-29(26)38-31-15-3-5-17-33(31)39(34-18-6-4-16-32(34)38)30-20-10-21-35-27(30)23-24-36-28-14-7-8-22-37(28)41-40(35)36/h1-24H. The molecule has 0 fully saturated rings. The summed E-state index contributed by atoms with van der Waals surface area (Å²) in [4.78, 5) is 0. The van der Waals surface area contributed by atoms with E-state index in [9.17, 15) is 0 Å². The lowest BCUT2D eigenvalue weighted by molar-refractivity contribution is 1.69. The minimum Gasteiger partial charge on any atom is -0.135 e. The van der Waals surface area contributed by atoms with Gasteiger partial charge in [0, 0.05) is 25.6 Å². The Morgan fingerprint density at radius 3 is 1.41 bits per heavy atom. The molecule has 1 heterocycles. The molecule has 0 aliphatic heterocycles. The van der Waals surface area contributed by atoms with Crippen molar-refractivity contribution in [1.82, 2.24) is 0 Å². The van der Waals surface area contributed by atoms with Crippen LogP contribution in [0.3, 0.4) is 0 Å². The summed E-state index contributed by atoms with van der Waals surface area (Å²) in [7, 11) is 0. The van der Waals surface area contributed by atoms with Gasteiger partial charge in [0.25, 0.3) is 0 Å². The number of fused-ring (bicyclic) bond motifs is 8. The molecule has 0 radical (unpaired) electrons. The molecule has 1 aromatic heterocycles. The van der Waals surface area contributed by atoms with Gasteiger partial charge in [0.15, 0.2) is 0 Å². The first-order valence-electron chi connectivity index (χ1n) is 14.1. The summed E-state index contributed by atoms with van der Waals surface area (Å²) in [6, 6.07) is 53.7. The van der Waals surface area contributed by atoms with Crippen molar-refractivity contribution in [3.8, 4) is 22.3 Å². The van der Waals surface area contributed by atoms with Crippen LogP contribution in [0.2, 0.25) is 0 Å². The third kappa shape index (κ3) is 3.27. The topological polar surface area (TPSA) is 0 Å². The van der Waals surface area contributed by atoms with Gasteiger partial charge in [-0.1, -0.05) is 140 Å². The van der Waals surface area contributed by atoms with Crippen molar-refractivity contribution in [3.63, 3.8) is 0 Å². The zero-order valence-corrected chi connectivity index (χ0v) is 23.1. The van der Waals surface area contributed by atoms with Crippen molar-refractivity contribution in [2.75, 3.05) is 0 Å². The van der Waals surface area contributed by atoms with Crippen molar-refractivity contribution in [2.45, 2.75) is 0 Å². The van der Waals surface area contributed by atoms with Crippen molar-refractivity contribution in [1.29, 1.82) is 0 Å². The van der Waals surface area contributed by atoms with Gasteiger partial charge >= 0.3 is 0 Å². The number of rotatable bonds is 2. The van der Waals surface area contributed by atoms with Crippen LogP contribution in [0.1, 0.15) is 0 Å². The summed E-state index contributed by atoms with van der Waals surface area (Å²) in [5.74, 6) is 0. The molecule has 0 amide bonds. The number of hydrogen-bond acceptors (Lipinski definition) is 1. The van der Waals surface area contributed by atoms with E-state index in [4.69, 9.17) is 0 Å². The Hall–Kier alpha value is -4.98. The van der Waals surface area contributed by atoms with Gasteiger partial charge in [0.2, 0.25) is 0 Å². The minimum absolute atomic E-state index is 1.27. The maximum absolute atomic E-state index is 2.34. The molecule has 0 atom stereocenters. The SMILES string of the molecule is c1ccc2c(-c3c4ccccc4c(-c4cccc5c4ccc4c6ccccc6sc54)c4ccccc34)cccc2c1. The molecule has 9 rings (SSSR count). The lowest BCUT2D eigenvalue weighted by Gasteiger charge is -2.19. The molecule has 8 aromatic carbocycles. The van der Waals surface area contributed by atoms with E-state index in [1.807, 2.05) is 11.3 Å². The number of hydrogen-bond donors (Lipinski definition) is 0. The van der Waals surface area contributed by atoms with Crippen molar-refractivity contribution >= 4 is 74.6 Å². The van der Waals surface area contributed by atoms with Crippen molar-refractivity contribution in [2.24, 2.45) is 0 Å². The average Bonchev–Trinajstić information content (AvgIpc) is 3.43.